The molecule has 35 heavy (non-hydrogen) atoms. The lowest BCUT2D eigenvalue weighted by Gasteiger charge is -2.15. The number of nitrogens with zero attached hydrogens (tertiary/aromatic N) is 1. The number of pyridine rings is 1. The summed E-state index contributed by atoms with van der Waals surface area (Å²) in [6.45, 7) is 0.297. The summed E-state index contributed by atoms with van der Waals surface area (Å²) in [6.07, 6.45) is 0. The SMILES string of the molecule is O=c1oc2c(c(O)c1Sc1ccccc1Br)c(=O)n(Cc1ccccc1)c1cc3c(cc21)OCO3. The molecule has 9 heteroatoms. The number of aromatic nitrogens is 1. The molecule has 2 aromatic heterocycles. The van der Waals surface area contributed by atoms with Crippen LogP contribution >= 0.6 is 27.7 Å². The molecule has 0 amide bonds. The zero-order valence-electron chi connectivity index (χ0n) is 18.0. The molecule has 7 nitrogen and oxygen atoms in total. The van der Waals surface area contributed by atoms with Crippen molar-refractivity contribution in [2.45, 2.75) is 16.3 Å². The summed E-state index contributed by atoms with van der Waals surface area (Å²) < 4.78 is 19.0. The smallest absolute Gasteiger partial charge is 0.354 e. The highest BCUT2D eigenvalue weighted by Gasteiger charge is 2.25. The molecule has 0 bridgehead atoms. The molecule has 1 N–H and O–H groups in total. The molecule has 0 saturated heterocycles. The molecular weight excluding hydrogens is 534 g/mol. The summed E-state index contributed by atoms with van der Waals surface area (Å²) in [6, 6.07) is 20.1. The van der Waals surface area contributed by atoms with Gasteiger partial charge in [-0.15, -0.1) is 0 Å². The minimum absolute atomic E-state index is 0.00610. The predicted molar refractivity (Wildman–Crippen MR) is 136 cm³/mol. The Kier molecular flexibility index (Phi) is 5.31. The van der Waals surface area contributed by atoms with Crippen molar-refractivity contribution in [1.82, 2.24) is 4.57 Å². The molecule has 0 spiro atoms. The van der Waals surface area contributed by atoms with Gasteiger partial charge in [0.2, 0.25) is 6.79 Å². The molecule has 1 aliphatic rings. The number of fused-ring (bicyclic) bond motifs is 4. The van der Waals surface area contributed by atoms with Crippen molar-refractivity contribution in [2.75, 3.05) is 6.79 Å². The van der Waals surface area contributed by atoms with Gasteiger partial charge in [-0.2, -0.15) is 0 Å². The Morgan fingerprint density at radius 3 is 2.46 bits per heavy atom. The Balaban J connectivity index is 1.66. The van der Waals surface area contributed by atoms with Crippen LogP contribution in [0, 0.1) is 0 Å². The highest BCUT2D eigenvalue weighted by molar-refractivity contribution is 9.10. The third kappa shape index (κ3) is 3.67. The van der Waals surface area contributed by atoms with E-state index < -0.39 is 16.9 Å². The van der Waals surface area contributed by atoms with Crippen LogP contribution in [0.2, 0.25) is 0 Å². The van der Waals surface area contributed by atoms with E-state index in [-0.39, 0.29) is 29.2 Å². The van der Waals surface area contributed by atoms with E-state index in [0.29, 0.717) is 27.3 Å². The van der Waals surface area contributed by atoms with E-state index in [1.54, 1.807) is 22.8 Å². The first kappa shape index (κ1) is 21.8. The number of halogens is 1. The van der Waals surface area contributed by atoms with E-state index in [1.807, 2.05) is 48.5 Å². The molecule has 6 rings (SSSR count). The van der Waals surface area contributed by atoms with Gasteiger partial charge in [-0.25, -0.2) is 4.79 Å². The Bertz CT molecular complexity index is 1750. The van der Waals surface area contributed by atoms with Crippen LogP contribution in [0.5, 0.6) is 17.2 Å². The molecule has 174 valence electrons. The standard InChI is InChI=1S/C26H16BrNO6S/c27-16-8-4-5-9-20(16)35-24-22(29)21-23(34-26(24)31)15-10-18-19(33-13-32-18)11-17(15)28(25(21)30)12-14-6-2-1-3-7-14/h1-11,29H,12-13H2. The Morgan fingerprint density at radius 1 is 0.971 bits per heavy atom. The van der Waals surface area contributed by atoms with Crippen molar-refractivity contribution in [1.29, 1.82) is 0 Å². The maximum absolute atomic E-state index is 13.8. The van der Waals surface area contributed by atoms with Crippen LogP contribution in [-0.2, 0) is 6.54 Å². The van der Waals surface area contributed by atoms with Crippen molar-refractivity contribution >= 4 is 49.6 Å². The van der Waals surface area contributed by atoms with Crippen molar-refractivity contribution in [3.8, 4) is 17.2 Å². The van der Waals surface area contributed by atoms with E-state index in [1.165, 1.54) is 0 Å². The summed E-state index contributed by atoms with van der Waals surface area (Å²) in [5.74, 6) is 0.548. The van der Waals surface area contributed by atoms with Crippen LogP contribution in [-0.4, -0.2) is 16.5 Å². The molecule has 0 saturated carbocycles. The van der Waals surface area contributed by atoms with E-state index in [2.05, 4.69) is 15.9 Å². The minimum Gasteiger partial charge on any atom is -0.505 e. The highest BCUT2D eigenvalue weighted by atomic mass is 79.9. The summed E-state index contributed by atoms with van der Waals surface area (Å²) in [4.78, 5) is 27.4. The van der Waals surface area contributed by atoms with E-state index >= 15 is 0 Å². The lowest BCUT2D eigenvalue weighted by atomic mass is 10.1. The van der Waals surface area contributed by atoms with E-state index in [9.17, 15) is 14.7 Å². The van der Waals surface area contributed by atoms with Gasteiger partial charge in [-0.3, -0.25) is 4.79 Å². The number of aromatic hydroxyl groups is 1. The summed E-state index contributed by atoms with van der Waals surface area (Å²) in [5, 5.41) is 11.6. The summed E-state index contributed by atoms with van der Waals surface area (Å²) >= 11 is 4.48. The van der Waals surface area contributed by atoms with Gasteiger partial charge in [0, 0.05) is 20.8 Å². The topological polar surface area (TPSA) is 90.9 Å². The molecule has 3 aromatic carbocycles. The molecule has 3 heterocycles. The molecule has 0 aliphatic carbocycles. The van der Waals surface area contributed by atoms with Crippen LogP contribution in [0.15, 0.2) is 95.0 Å². The Labute approximate surface area is 210 Å². The third-order valence-electron chi connectivity index (χ3n) is 5.78. The second kappa shape index (κ2) is 8.51. The Hall–Kier alpha value is -3.69. The van der Waals surface area contributed by atoms with Crippen molar-refractivity contribution in [3.63, 3.8) is 0 Å². The van der Waals surface area contributed by atoms with E-state index in [4.69, 9.17) is 13.9 Å². The van der Waals surface area contributed by atoms with Crippen LogP contribution < -0.4 is 20.7 Å². The van der Waals surface area contributed by atoms with Crippen LogP contribution in [0.3, 0.4) is 0 Å². The predicted octanol–water partition coefficient (Wildman–Crippen LogP) is 5.50. The first-order chi connectivity index (χ1) is 17.0. The van der Waals surface area contributed by atoms with Gasteiger partial charge in [-0.05, 0) is 39.7 Å². The first-order valence-corrected chi connectivity index (χ1v) is 12.2. The van der Waals surface area contributed by atoms with Gasteiger partial charge in [0.15, 0.2) is 22.8 Å². The number of hydrogen-bond donors (Lipinski definition) is 1. The summed E-state index contributed by atoms with van der Waals surface area (Å²) in [7, 11) is 0. The number of rotatable bonds is 4. The van der Waals surface area contributed by atoms with Gasteiger partial charge in [0.1, 0.15) is 10.3 Å². The molecule has 0 fully saturated rings. The number of benzene rings is 3. The molecule has 1 aliphatic heterocycles. The van der Waals surface area contributed by atoms with E-state index in [0.717, 1.165) is 21.8 Å². The van der Waals surface area contributed by atoms with Crippen molar-refractivity contribution in [3.05, 3.63) is 97.5 Å². The molecule has 0 atom stereocenters. The molecule has 5 aromatic rings. The highest BCUT2D eigenvalue weighted by Crippen LogP contribution is 2.42. The van der Waals surface area contributed by atoms with Crippen LogP contribution in [0.4, 0.5) is 0 Å². The zero-order valence-corrected chi connectivity index (χ0v) is 20.4. The van der Waals surface area contributed by atoms with Gasteiger partial charge < -0.3 is 23.6 Å². The second-order valence-electron chi connectivity index (χ2n) is 7.90. The summed E-state index contributed by atoms with van der Waals surface area (Å²) in [5.41, 5.74) is 0.184. The van der Waals surface area contributed by atoms with Gasteiger partial charge in [0.25, 0.3) is 5.56 Å². The zero-order chi connectivity index (χ0) is 24.1. The maximum Gasteiger partial charge on any atom is 0.354 e. The van der Waals surface area contributed by atoms with Gasteiger partial charge >= 0.3 is 5.63 Å². The van der Waals surface area contributed by atoms with Crippen LogP contribution in [0.1, 0.15) is 5.56 Å². The Morgan fingerprint density at radius 2 is 1.69 bits per heavy atom. The number of hydrogen-bond acceptors (Lipinski definition) is 7. The minimum atomic E-state index is -0.741. The fourth-order valence-corrected chi connectivity index (χ4v) is 5.51. The van der Waals surface area contributed by atoms with Gasteiger partial charge in [0.05, 0.1) is 12.1 Å². The molecule has 0 radical (unpaired) electrons. The first-order valence-electron chi connectivity index (χ1n) is 10.6. The quantitative estimate of drug-likeness (QED) is 0.296. The number of ether oxygens (including phenoxy) is 2. The second-order valence-corrected chi connectivity index (χ2v) is 9.81. The lowest BCUT2D eigenvalue weighted by Crippen LogP contribution is -2.22. The molecule has 0 unspecified atom stereocenters. The van der Waals surface area contributed by atoms with Gasteiger partial charge in [-0.1, -0.05) is 54.2 Å². The third-order valence-corrected chi connectivity index (χ3v) is 7.87. The van der Waals surface area contributed by atoms with Crippen LogP contribution in [0.25, 0.3) is 21.9 Å². The largest absolute Gasteiger partial charge is 0.505 e. The average molecular weight is 550 g/mol. The molecular formula is C26H16BrNO6S. The fourth-order valence-electron chi connectivity index (χ4n) is 4.13. The van der Waals surface area contributed by atoms with Crippen molar-refractivity contribution in [2.24, 2.45) is 0 Å². The average Bonchev–Trinajstić information content (AvgIpc) is 3.32. The normalized spacial score (nSPS) is 12.5. The monoisotopic (exact) mass is 549 g/mol. The maximum atomic E-state index is 13.8. The van der Waals surface area contributed by atoms with Crippen molar-refractivity contribution < 1.29 is 19.0 Å². The lowest BCUT2D eigenvalue weighted by molar-refractivity contribution is 0.174. The fraction of sp³-hybridized carbons (Fsp3) is 0.0769.